The van der Waals surface area contributed by atoms with Crippen LogP contribution < -0.4 is 5.32 Å². The Kier molecular flexibility index (Phi) is 3.66. The average molecular weight is 216 g/mol. The van der Waals surface area contributed by atoms with E-state index in [9.17, 15) is 0 Å². The molecule has 4 nitrogen and oxygen atoms in total. The third-order valence-electron chi connectivity index (χ3n) is 2.41. The van der Waals surface area contributed by atoms with Crippen LogP contribution in [0.2, 0.25) is 0 Å². The van der Waals surface area contributed by atoms with E-state index in [-0.39, 0.29) is 0 Å². The summed E-state index contributed by atoms with van der Waals surface area (Å²) in [7, 11) is 1.97. The minimum absolute atomic E-state index is 0.863. The van der Waals surface area contributed by atoms with Gasteiger partial charge in [-0.3, -0.25) is 0 Å². The first-order chi connectivity index (χ1) is 7.90. The second-order valence-corrected chi connectivity index (χ2v) is 3.69. The van der Waals surface area contributed by atoms with Crippen molar-refractivity contribution in [3.05, 3.63) is 42.4 Å². The van der Waals surface area contributed by atoms with Crippen molar-refractivity contribution in [2.24, 2.45) is 0 Å². The number of aromatic nitrogens is 3. The third-order valence-corrected chi connectivity index (χ3v) is 2.41. The van der Waals surface area contributed by atoms with Crippen molar-refractivity contribution in [3.63, 3.8) is 0 Å². The van der Waals surface area contributed by atoms with Gasteiger partial charge >= 0.3 is 0 Å². The largest absolute Gasteiger partial charge is 0.320 e. The van der Waals surface area contributed by atoms with Crippen LogP contribution in [0.15, 0.2) is 36.8 Å². The van der Waals surface area contributed by atoms with Crippen molar-refractivity contribution in [3.8, 4) is 5.82 Å². The molecule has 0 radical (unpaired) electrons. The third kappa shape index (κ3) is 2.67. The lowest BCUT2D eigenvalue weighted by Gasteiger charge is -1.98. The highest BCUT2D eigenvalue weighted by molar-refractivity contribution is 5.21. The summed E-state index contributed by atoms with van der Waals surface area (Å²) in [5.74, 6) is 0.863. The summed E-state index contributed by atoms with van der Waals surface area (Å²) in [5, 5.41) is 7.44. The predicted molar refractivity (Wildman–Crippen MR) is 63.6 cm³/mol. The Balaban J connectivity index is 2.02. The van der Waals surface area contributed by atoms with Crippen molar-refractivity contribution in [2.75, 3.05) is 13.6 Å². The molecule has 0 atom stereocenters. The van der Waals surface area contributed by atoms with Gasteiger partial charge in [-0.15, -0.1) is 0 Å². The highest BCUT2D eigenvalue weighted by Crippen LogP contribution is 2.06. The van der Waals surface area contributed by atoms with Gasteiger partial charge in [0.05, 0.1) is 6.20 Å². The molecule has 16 heavy (non-hydrogen) atoms. The zero-order chi connectivity index (χ0) is 11.2. The fourth-order valence-corrected chi connectivity index (χ4v) is 1.57. The molecule has 0 unspecified atom stereocenters. The Morgan fingerprint density at radius 2 is 2.31 bits per heavy atom. The maximum absolute atomic E-state index is 4.30. The van der Waals surface area contributed by atoms with Crippen LogP contribution in [-0.4, -0.2) is 28.4 Å². The van der Waals surface area contributed by atoms with Gasteiger partial charge in [-0.25, -0.2) is 9.67 Å². The number of pyridine rings is 1. The normalized spacial score (nSPS) is 10.6. The maximum atomic E-state index is 4.30. The maximum Gasteiger partial charge on any atom is 0.153 e. The minimum atomic E-state index is 0.863. The number of rotatable bonds is 5. The second kappa shape index (κ2) is 5.42. The molecule has 2 aromatic rings. The van der Waals surface area contributed by atoms with Crippen molar-refractivity contribution in [1.82, 2.24) is 20.1 Å². The smallest absolute Gasteiger partial charge is 0.153 e. The van der Waals surface area contributed by atoms with Crippen molar-refractivity contribution in [2.45, 2.75) is 12.8 Å². The molecule has 0 fully saturated rings. The van der Waals surface area contributed by atoms with Crippen LogP contribution in [-0.2, 0) is 6.42 Å². The molecule has 0 saturated carbocycles. The van der Waals surface area contributed by atoms with Gasteiger partial charge in [-0.2, -0.15) is 5.10 Å². The summed E-state index contributed by atoms with van der Waals surface area (Å²) in [6, 6.07) is 5.82. The van der Waals surface area contributed by atoms with Crippen LogP contribution in [0.1, 0.15) is 12.0 Å². The Labute approximate surface area is 95.3 Å². The van der Waals surface area contributed by atoms with Crippen LogP contribution in [0.5, 0.6) is 0 Å². The van der Waals surface area contributed by atoms with E-state index >= 15 is 0 Å². The van der Waals surface area contributed by atoms with Crippen LogP contribution in [0.3, 0.4) is 0 Å². The van der Waals surface area contributed by atoms with Crippen molar-refractivity contribution < 1.29 is 0 Å². The molecule has 2 rings (SSSR count). The molecular formula is C12H16N4. The molecule has 0 aliphatic carbocycles. The average Bonchev–Trinajstić information content (AvgIpc) is 2.79. The van der Waals surface area contributed by atoms with Crippen LogP contribution in [0.4, 0.5) is 0 Å². The first-order valence-corrected chi connectivity index (χ1v) is 5.49. The monoisotopic (exact) mass is 216 g/mol. The molecular weight excluding hydrogens is 200 g/mol. The molecule has 84 valence electrons. The first-order valence-electron chi connectivity index (χ1n) is 5.49. The van der Waals surface area contributed by atoms with Gasteiger partial charge in [0.25, 0.3) is 0 Å². The lowest BCUT2D eigenvalue weighted by molar-refractivity contribution is 0.724. The molecule has 0 aliphatic rings. The molecule has 2 heterocycles. The quantitative estimate of drug-likeness (QED) is 0.769. The van der Waals surface area contributed by atoms with Crippen molar-refractivity contribution >= 4 is 0 Å². The fourth-order valence-electron chi connectivity index (χ4n) is 1.57. The predicted octanol–water partition coefficient (Wildman–Crippen LogP) is 1.42. The fraction of sp³-hybridized carbons (Fsp3) is 0.333. The van der Waals surface area contributed by atoms with Gasteiger partial charge < -0.3 is 5.32 Å². The molecule has 4 heteroatoms. The Hall–Kier alpha value is -1.68. The lowest BCUT2D eigenvalue weighted by Crippen LogP contribution is -2.08. The topological polar surface area (TPSA) is 42.7 Å². The molecule has 0 spiro atoms. The summed E-state index contributed by atoms with van der Waals surface area (Å²) in [5.41, 5.74) is 1.25. The molecule has 0 amide bonds. The van der Waals surface area contributed by atoms with E-state index in [2.05, 4.69) is 15.4 Å². The molecule has 0 bridgehead atoms. The van der Waals surface area contributed by atoms with Gasteiger partial charge in [0, 0.05) is 12.4 Å². The number of hydrogen-bond acceptors (Lipinski definition) is 3. The molecule has 0 saturated heterocycles. The summed E-state index contributed by atoms with van der Waals surface area (Å²) >= 11 is 0. The van der Waals surface area contributed by atoms with E-state index in [1.807, 2.05) is 42.3 Å². The number of aryl methyl sites for hydroxylation is 1. The van der Waals surface area contributed by atoms with Gasteiger partial charge in [0.2, 0.25) is 0 Å². The second-order valence-electron chi connectivity index (χ2n) is 3.69. The zero-order valence-corrected chi connectivity index (χ0v) is 9.43. The first kappa shape index (κ1) is 10.8. The standard InChI is InChI=1S/C12H16N4/c1-13-7-4-5-11-9-15-16(10-11)12-6-2-3-8-14-12/h2-3,6,8-10,13H,4-5,7H2,1H3. The van der Waals surface area contributed by atoms with Crippen LogP contribution in [0.25, 0.3) is 5.82 Å². The molecule has 0 aromatic carbocycles. The summed E-state index contributed by atoms with van der Waals surface area (Å²) in [6.45, 7) is 1.04. The van der Waals surface area contributed by atoms with Gasteiger partial charge in [-0.1, -0.05) is 6.07 Å². The number of nitrogens with zero attached hydrogens (tertiary/aromatic N) is 3. The number of nitrogens with one attached hydrogen (secondary N) is 1. The van der Waals surface area contributed by atoms with Gasteiger partial charge in [-0.05, 0) is 44.1 Å². The van der Waals surface area contributed by atoms with E-state index in [4.69, 9.17) is 0 Å². The van der Waals surface area contributed by atoms with Crippen LogP contribution >= 0.6 is 0 Å². The Bertz CT molecular complexity index is 422. The summed E-state index contributed by atoms with van der Waals surface area (Å²) in [6.07, 6.45) is 7.90. The zero-order valence-electron chi connectivity index (χ0n) is 9.43. The number of hydrogen-bond donors (Lipinski definition) is 1. The Morgan fingerprint density at radius 3 is 3.06 bits per heavy atom. The Morgan fingerprint density at radius 1 is 1.38 bits per heavy atom. The summed E-state index contributed by atoms with van der Waals surface area (Å²) in [4.78, 5) is 4.25. The highest BCUT2D eigenvalue weighted by Gasteiger charge is 2.00. The van der Waals surface area contributed by atoms with E-state index in [1.165, 1.54) is 5.56 Å². The minimum Gasteiger partial charge on any atom is -0.320 e. The molecule has 1 N–H and O–H groups in total. The van der Waals surface area contributed by atoms with E-state index in [0.717, 1.165) is 25.2 Å². The lowest BCUT2D eigenvalue weighted by atomic mass is 10.2. The molecule has 0 aliphatic heterocycles. The van der Waals surface area contributed by atoms with Gasteiger partial charge in [0.1, 0.15) is 0 Å². The van der Waals surface area contributed by atoms with E-state index < -0.39 is 0 Å². The van der Waals surface area contributed by atoms with E-state index in [0.29, 0.717) is 0 Å². The SMILES string of the molecule is CNCCCc1cnn(-c2ccccn2)c1. The van der Waals surface area contributed by atoms with Crippen LogP contribution in [0, 0.1) is 0 Å². The summed E-state index contributed by atoms with van der Waals surface area (Å²) < 4.78 is 1.81. The van der Waals surface area contributed by atoms with Crippen molar-refractivity contribution in [1.29, 1.82) is 0 Å². The van der Waals surface area contributed by atoms with E-state index in [1.54, 1.807) is 6.20 Å². The van der Waals surface area contributed by atoms with Gasteiger partial charge in [0.15, 0.2) is 5.82 Å². The molecule has 2 aromatic heterocycles. The highest BCUT2D eigenvalue weighted by atomic mass is 15.3.